The van der Waals surface area contributed by atoms with E-state index in [1.54, 1.807) is 0 Å². The number of rotatable bonds is 6. The second-order valence-electron chi connectivity index (χ2n) is 7.99. The van der Waals surface area contributed by atoms with Crippen LogP contribution >= 0.6 is 0 Å². The first-order chi connectivity index (χ1) is 13.0. The lowest BCUT2D eigenvalue weighted by Crippen LogP contribution is -2.52. The third kappa shape index (κ3) is 5.31. The molecule has 0 spiro atoms. The minimum atomic E-state index is -0.486. The summed E-state index contributed by atoms with van der Waals surface area (Å²) in [6.45, 7) is 3.95. The first-order valence-electron chi connectivity index (χ1n) is 10.1. The number of carbonyl (C=O) groups is 2. The monoisotopic (exact) mass is 366 g/mol. The zero-order valence-corrected chi connectivity index (χ0v) is 16.3. The van der Waals surface area contributed by atoms with E-state index < -0.39 is 6.04 Å². The molecule has 1 saturated carbocycles. The summed E-state index contributed by atoms with van der Waals surface area (Å²) >= 11 is 0. The summed E-state index contributed by atoms with van der Waals surface area (Å²) in [7, 11) is 0. The Morgan fingerprint density at radius 1 is 1.00 bits per heavy atom. The van der Waals surface area contributed by atoms with E-state index in [0.717, 1.165) is 29.2 Å². The van der Waals surface area contributed by atoms with Gasteiger partial charge in [-0.25, -0.2) is 0 Å². The third-order valence-electron chi connectivity index (χ3n) is 5.40. The number of hydrogen-bond donors (Lipinski definition) is 2. The van der Waals surface area contributed by atoms with Gasteiger partial charge in [0.05, 0.1) is 6.42 Å². The first kappa shape index (κ1) is 19.4. The SMILES string of the molecule is CC(C)[C@@H](NC(=O)Cc1ccc2ccccc2c1)C(=O)NC1CCCCC1. The number of carbonyl (C=O) groups excluding carboxylic acids is 2. The number of hydrogen-bond acceptors (Lipinski definition) is 2. The summed E-state index contributed by atoms with van der Waals surface area (Å²) < 4.78 is 0. The molecule has 1 fully saturated rings. The number of benzene rings is 2. The summed E-state index contributed by atoms with van der Waals surface area (Å²) in [4.78, 5) is 25.3. The average Bonchev–Trinajstić information content (AvgIpc) is 2.66. The molecular weight excluding hydrogens is 336 g/mol. The lowest BCUT2D eigenvalue weighted by molar-refractivity contribution is -0.130. The van der Waals surface area contributed by atoms with Crippen molar-refractivity contribution in [2.24, 2.45) is 5.92 Å². The molecule has 2 aromatic rings. The molecule has 2 amide bonds. The molecular formula is C23H30N2O2. The number of amides is 2. The third-order valence-corrected chi connectivity index (χ3v) is 5.40. The molecule has 4 heteroatoms. The van der Waals surface area contributed by atoms with Crippen molar-refractivity contribution in [3.63, 3.8) is 0 Å². The number of fused-ring (bicyclic) bond motifs is 1. The average molecular weight is 367 g/mol. The Morgan fingerprint density at radius 3 is 2.41 bits per heavy atom. The van der Waals surface area contributed by atoms with Crippen LogP contribution in [-0.2, 0) is 16.0 Å². The second-order valence-corrected chi connectivity index (χ2v) is 7.99. The molecule has 1 aliphatic rings. The quantitative estimate of drug-likeness (QED) is 0.813. The minimum absolute atomic E-state index is 0.0501. The molecule has 0 radical (unpaired) electrons. The Bertz CT molecular complexity index is 794. The van der Waals surface area contributed by atoms with Crippen LogP contribution in [0.3, 0.4) is 0 Å². The largest absolute Gasteiger partial charge is 0.352 e. The van der Waals surface area contributed by atoms with Gasteiger partial charge in [0.15, 0.2) is 0 Å². The predicted molar refractivity (Wildman–Crippen MR) is 109 cm³/mol. The van der Waals surface area contributed by atoms with E-state index in [2.05, 4.69) is 16.7 Å². The molecule has 144 valence electrons. The predicted octanol–water partition coefficient (Wildman–Crippen LogP) is 3.97. The van der Waals surface area contributed by atoms with Crippen LogP contribution in [0.15, 0.2) is 42.5 Å². The van der Waals surface area contributed by atoms with Crippen molar-refractivity contribution < 1.29 is 9.59 Å². The lowest BCUT2D eigenvalue weighted by Gasteiger charge is -2.27. The van der Waals surface area contributed by atoms with E-state index >= 15 is 0 Å². The summed E-state index contributed by atoms with van der Waals surface area (Å²) in [5.74, 6) is -0.110. The van der Waals surface area contributed by atoms with Crippen LogP contribution < -0.4 is 10.6 Å². The molecule has 0 aromatic heterocycles. The van der Waals surface area contributed by atoms with Crippen molar-refractivity contribution >= 4 is 22.6 Å². The maximum atomic E-state index is 12.7. The van der Waals surface area contributed by atoms with Gasteiger partial charge in [0.2, 0.25) is 11.8 Å². The Hall–Kier alpha value is -2.36. The highest BCUT2D eigenvalue weighted by Gasteiger charge is 2.26. The Morgan fingerprint density at radius 2 is 1.70 bits per heavy atom. The molecule has 0 aliphatic heterocycles. The van der Waals surface area contributed by atoms with E-state index in [1.165, 1.54) is 19.3 Å². The second kappa shape index (κ2) is 9.03. The maximum Gasteiger partial charge on any atom is 0.243 e. The standard InChI is InChI=1S/C23H30N2O2/c1-16(2)22(23(27)24-20-10-4-3-5-11-20)25-21(26)15-17-12-13-18-8-6-7-9-19(18)14-17/h6-9,12-14,16,20,22H,3-5,10-11,15H2,1-2H3,(H,24,27)(H,25,26)/t22-/m1/s1. The van der Waals surface area contributed by atoms with Crippen molar-refractivity contribution in [3.8, 4) is 0 Å². The molecule has 1 aliphatic carbocycles. The summed E-state index contributed by atoms with van der Waals surface area (Å²) in [6.07, 6.45) is 5.97. The van der Waals surface area contributed by atoms with Crippen LogP contribution in [0.5, 0.6) is 0 Å². The van der Waals surface area contributed by atoms with Gasteiger partial charge in [-0.15, -0.1) is 0 Å². The van der Waals surface area contributed by atoms with Crippen LogP contribution in [-0.4, -0.2) is 23.9 Å². The highest BCUT2D eigenvalue weighted by molar-refractivity contribution is 5.89. The molecule has 0 unspecified atom stereocenters. The van der Waals surface area contributed by atoms with Gasteiger partial charge in [-0.05, 0) is 35.1 Å². The van der Waals surface area contributed by atoms with E-state index in [0.29, 0.717) is 0 Å². The van der Waals surface area contributed by atoms with Crippen LogP contribution in [0.1, 0.15) is 51.5 Å². The van der Waals surface area contributed by atoms with Gasteiger partial charge >= 0.3 is 0 Å². The highest BCUT2D eigenvalue weighted by atomic mass is 16.2. The fourth-order valence-electron chi connectivity index (χ4n) is 3.83. The van der Waals surface area contributed by atoms with Crippen molar-refractivity contribution in [1.82, 2.24) is 10.6 Å². The summed E-state index contributed by atoms with van der Waals surface area (Å²) in [5.41, 5.74) is 0.960. The van der Waals surface area contributed by atoms with Crippen molar-refractivity contribution in [2.75, 3.05) is 0 Å². The van der Waals surface area contributed by atoms with Crippen molar-refractivity contribution in [3.05, 3.63) is 48.0 Å². The molecule has 1 atom stereocenters. The zero-order valence-electron chi connectivity index (χ0n) is 16.3. The Labute approximate surface area is 161 Å². The summed E-state index contributed by atoms with van der Waals surface area (Å²) in [6, 6.07) is 13.9. The van der Waals surface area contributed by atoms with Gasteiger partial charge < -0.3 is 10.6 Å². The van der Waals surface area contributed by atoms with Gasteiger partial charge in [-0.2, -0.15) is 0 Å². The molecule has 2 N–H and O–H groups in total. The van der Waals surface area contributed by atoms with Gasteiger partial charge in [-0.1, -0.05) is 75.6 Å². The summed E-state index contributed by atoms with van der Waals surface area (Å²) in [5, 5.41) is 8.38. The molecule has 4 nitrogen and oxygen atoms in total. The molecule has 2 aromatic carbocycles. The lowest BCUT2D eigenvalue weighted by atomic mass is 9.94. The van der Waals surface area contributed by atoms with Crippen molar-refractivity contribution in [1.29, 1.82) is 0 Å². The maximum absolute atomic E-state index is 12.7. The van der Waals surface area contributed by atoms with Crippen LogP contribution in [0.25, 0.3) is 10.8 Å². The topological polar surface area (TPSA) is 58.2 Å². The normalized spacial score (nSPS) is 16.3. The van der Waals surface area contributed by atoms with Gasteiger partial charge in [0.1, 0.15) is 6.04 Å². The molecule has 3 rings (SSSR count). The van der Waals surface area contributed by atoms with Crippen LogP contribution in [0.4, 0.5) is 0 Å². The fourth-order valence-corrected chi connectivity index (χ4v) is 3.83. The zero-order chi connectivity index (χ0) is 19.2. The van der Waals surface area contributed by atoms with E-state index in [9.17, 15) is 9.59 Å². The van der Waals surface area contributed by atoms with Crippen molar-refractivity contribution in [2.45, 2.75) is 64.5 Å². The van der Waals surface area contributed by atoms with E-state index in [4.69, 9.17) is 0 Å². The van der Waals surface area contributed by atoms with Crippen LogP contribution in [0.2, 0.25) is 0 Å². The number of nitrogens with one attached hydrogen (secondary N) is 2. The Balaban J connectivity index is 1.60. The Kier molecular flexibility index (Phi) is 6.49. The van der Waals surface area contributed by atoms with Gasteiger partial charge in [0, 0.05) is 6.04 Å². The smallest absolute Gasteiger partial charge is 0.243 e. The molecule has 0 saturated heterocycles. The first-order valence-corrected chi connectivity index (χ1v) is 10.1. The molecule has 27 heavy (non-hydrogen) atoms. The molecule has 0 bridgehead atoms. The minimum Gasteiger partial charge on any atom is -0.352 e. The van der Waals surface area contributed by atoms with E-state index in [1.807, 2.05) is 50.2 Å². The van der Waals surface area contributed by atoms with E-state index in [-0.39, 0.29) is 30.2 Å². The fraction of sp³-hybridized carbons (Fsp3) is 0.478. The molecule has 0 heterocycles. The van der Waals surface area contributed by atoms with Crippen LogP contribution in [0, 0.1) is 5.92 Å². The highest BCUT2D eigenvalue weighted by Crippen LogP contribution is 2.18. The van der Waals surface area contributed by atoms with Gasteiger partial charge in [0.25, 0.3) is 0 Å². The van der Waals surface area contributed by atoms with Gasteiger partial charge in [-0.3, -0.25) is 9.59 Å².